The molecule has 0 radical (unpaired) electrons. The van der Waals surface area contributed by atoms with Crippen LogP contribution in [-0.4, -0.2) is 10.8 Å². The van der Waals surface area contributed by atoms with Crippen LogP contribution in [0.4, 0.5) is 5.69 Å². The molecule has 0 saturated heterocycles. The summed E-state index contributed by atoms with van der Waals surface area (Å²) in [6.07, 6.45) is 0. The van der Waals surface area contributed by atoms with E-state index in [2.05, 4.69) is 5.32 Å². The summed E-state index contributed by atoms with van der Waals surface area (Å²) in [6.45, 7) is 0.362. The van der Waals surface area contributed by atoms with Crippen LogP contribution < -0.4 is 5.32 Å². The molecule has 0 atom stereocenters. The summed E-state index contributed by atoms with van der Waals surface area (Å²) in [5, 5.41) is 17.3. The normalized spacial score (nSPS) is 10.2. The summed E-state index contributed by atoms with van der Waals surface area (Å²) in [4.78, 5) is 22.0. The van der Waals surface area contributed by atoms with Crippen molar-refractivity contribution in [3.8, 4) is 0 Å². The van der Waals surface area contributed by atoms with Gasteiger partial charge in [-0.25, -0.2) is 0 Å². The van der Waals surface area contributed by atoms with Gasteiger partial charge in [0.1, 0.15) is 0 Å². The molecule has 0 aliphatic heterocycles. The van der Waals surface area contributed by atoms with Gasteiger partial charge in [0.15, 0.2) is 0 Å². The monoisotopic (exact) mass is 296 g/mol. The minimum atomic E-state index is -0.564. The lowest BCUT2D eigenvalue weighted by molar-refractivity contribution is -0.384. The van der Waals surface area contributed by atoms with E-state index in [4.69, 9.17) is 11.6 Å². The molecule has 0 bridgehead atoms. The predicted octanol–water partition coefficient (Wildman–Crippen LogP) is 3.24. The first kappa shape index (κ1) is 13.5. The molecule has 0 fully saturated rings. The maximum atomic E-state index is 11.9. The zero-order valence-electron chi connectivity index (χ0n) is 9.63. The van der Waals surface area contributed by atoms with E-state index in [1.807, 2.05) is 16.8 Å². The Morgan fingerprint density at radius 1 is 1.42 bits per heavy atom. The van der Waals surface area contributed by atoms with Crippen LogP contribution in [-0.2, 0) is 6.54 Å². The fourth-order valence-electron chi connectivity index (χ4n) is 1.47. The molecule has 5 nitrogen and oxygen atoms in total. The average molecular weight is 297 g/mol. The fourth-order valence-corrected chi connectivity index (χ4v) is 2.34. The van der Waals surface area contributed by atoms with E-state index in [-0.39, 0.29) is 16.3 Å². The Hall–Kier alpha value is -1.92. The van der Waals surface area contributed by atoms with Gasteiger partial charge in [0, 0.05) is 18.7 Å². The Bertz CT molecular complexity index is 613. The Kier molecular flexibility index (Phi) is 4.13. The fraction of sp³-hybridized carbons (Fsp3) is 0.0833. The lowest BCUT2D eigenvalue weighted by atomic mass is 10.2. The Balaban J connectivity index is 2.14. The van der Waals surface area contributed by atoms with Crippen molar-refractivity contribution in [2.45, 2.75) is 6.54 Å². The van der Waals surface area contributed by atoms with Crippen LogP contribution in [0.1, 0.15) is 15.9 Å². The topological polar surface area (TPSA) is 72.2 Å². The summed E-state index contributed by atoms with van der Waals surface area (Å²) in [5.74, 6) is -0.431. The van der Waals surface area contributed by atoms with E-state index in [0.29, 0.717) is 6.54 Å². The van der Waals surface area contributed by atoms with Gasteiger partial charge in [0.25, 0.3) is 11.6 Å². The zero-order chi connectivity index (χ0) is 13.8. The van der Waals surface area contributed by atoms with Gasteiger partial charge in [-0.3, -0.25) is 14.9 Å². The molecular formula is C12H9ClN2O3S. The van der Waals surface area contributed by atoms with Gasteiger partial charge in [-0.05, 0) is 28.5 Å². The van der Waals surface area contributed by atoms with Crippen molar-refractivity contribution in [2.24, 2.45) is 0 Å². The zero-order valence-corrected chi connectivity index (χ0v) is 11.2. The molecule has 7 heteroatoms. The third kappa shape index (κ3) is 3.30. The van der Waals surface area contributed by atoms with Crippen molar-refractivity contribution in [1.82, 2.24) is 5.32 Å². The number of thiophene rings is 1. The molecule has 2 aromatic rings. The minimum absolute atomic E-state index is 0.103. The maximum Gasteiger partial charge on any atom is 0.270 e. The van der Waals surface area contributed by atoms with Gasteiger partial charge in [-0.2, -0.15) is 11.3 Å². The molecule has 1 N–H and O–H groups in total. The largest absolute Gasteiger partial charge is 0.348 e. The molecule has 1 aromatic heterocycles. The molecule has 2 rings (SSSR count). The standard InChI is InChI=1S/C12H9ClN2O3S/c13-11-2-1-9(15(17)18)5-10(11)12(16)14-6-8-3-4-19-7-8/h1-5,7H,6H2,(H,14,16). The smallest absolute Gasteiger partial charge is 0.270 e. The highest BCUT2D eigenvalue weighted by molar-refractivity contribution is 7.07. The van der Waals surface area contributed by atoms with Gasteiger partial charge in [0.05, 0.1) is 15.5 Å². The number of nitro groups is 1. The van der Waals surface area contributed by atoms with Crippen LogP contribution >= 0.6 is 22.9 Å². The number of amides is 1. The molecule has 0 aliphatic carbocycles. The highest BCUT2D eigenvalue weighted by atomic mass is 35.5. The van der Waals surface area contributed by atoms with Crippen molar-refractivity contribution in [2.75, 3.05) is 0 Å². The molecule has 0 saturated carbocycles. The van der Waals surface area contributed by atoms with Crippen LogP contribution in [0.5, 0.6) is 0 Å². The summed E-state index contributed by atoms with van der Waals surface area (Å²) in [6, 6.07) is 5.67. The van der Waals surface area contributed by atoms with Crippen LogP contribution in [0, 0.1) is 10.1 Å². The number of non-ortho nitro benzene ring substituents is 1. The van der Waals surface area contributed by atoms with Crippen LogP contribution in [0.25, 0.3) is 0 Å². The van der Waals surface area contributed by atoms with E-state index in [1.54, 1.807) is 0 Å². The lowest BCUT2D eigenvalue weighted by Gasteiger charge is -2.05. The number of nitro benzene ring substituents is 1. The third-order valence-electron chi connectivity index (χ3n) is 2.44. The molecule has 98 valence electrons. The van der Waals surface area contributed by atoms with Crippen LogP contribution in [0.2, 0.25) is 5.02 Å². The second-order valence-corrected chi connectivity index (χ2v) is 4.92. The highest BCUT2D eigenvalue weighted by Crippen LogP contribution is 2.22. The third-order valence-corrected chi connectivity index (χ3v) is 3.50. The van der Waals surface area contributed by atoms with Crippen molar-refractivity contribution < 1.29 is 9.72 Å². The van der Waals surface area contributed by atoms with E-state index in [9.17, 15) is 14.9 Å². The first-order chi connectivity index (χ1) is 9.08. The number of nitrogens with zero attached hydrogens (tertiary/aromatic N) is 1. The van der Waals surface area contributed by atoms with E-state index in [0.717, 1.165) is 5.56 Å². The van der Waals surface area contributed by atoms with E-state index in [1.165, 1.54) is 29.5 Å². The molecule has 0 unspecified atom stereocenters. The second kappa shape index (κ2) is 5.81. The highest BCUT2D eigenvalue weighted by Gasteiger charge is 2.15. The van der Waals surface area contributed by atoms with Crippen molar-refractivity contribution >= 4 is 34.5 Å². The number of hydrogen-bond donors (Lipinski definition) is 1. The van der Waals surface area contributed by atoms with Gasteiger partial charge < -0.3 is 5.32 Å². The summed E-state index contributed by atoms with van der Waals surface area (Å²) in [5.41, 5.74) is 0.913. The SMILES string of the molecule is O=C(NCc1ccsc1)c1cc([N+](=O)[O-])ccc1Cl. The summed E-state index contributed by atoms with van der Waals surface area (Å²) >= 11 is 7.40. The van der Waals surface area contributed by atoms with Gasteiger partial charge in [0.2, 0.25) is 0 Å². The van der Waals surface area contributed by atoms with Gasteiger partial charge >= 0.3 is 0 Å². The summed E-state index contributed by atoms with van der Waals surface area (Å²) in [7, 11) is 0. The molecule has 0 aliphatic rings. The molecule has 1 aromatic carbocycles. The van der Waals surface area contributed by atoms with Crippen molar-refractivity contribution in [3.63, 3.8) is 0 Å². The van der Waals surface area contributed by atoms with Crippen molar-refractivity contribution in [1.29, 1.82) is 0 Å². The molecule has 1 heterocycles. The number of halogens is 1. The van der Waals surface area contributed by atoms with Gasteiger partial charge in [-0.1, -0.05) is 11.6 Å². The number of rotatable bonds is 4. The molecule has 1 amide bonds. The number of nitrogens with one attached hydrogen (secondary N) is 1. The Morgan fingerprint density at radius 2 is 2.21 bits per heavy atom. The van der Waals surface area contributed by atoms with E-state index < -0.39 is 10.8 Å². The average Bonchev–Trinajstić information content (AvgIpc) is 2.89. The Morgan fingerprint density at radius 3 is 2.84 bits per heavy atom. The molecular weight excluding hydrogens is 288 g/mol. The van der Waals surface area contributed by atoms with Crippen LogP contribution in [0.15, 0.2) is 35.0 Å². The van der Waals surface area contributed by atoms with Gasteiger partial charge in [-0.15, -0.1) is 0 Å². The van der Waals surface area contributed by atoms with Crippen LogP contribution in [0.3, 0.4) is 0 Å². The first-order valence-electron chi connectivity index (χ1n) is 5.31. The number of hydrogen-bond acceptors (Lipinski definition) is 4. The number of carbonyl (C=O) groups is 1. The first-order valence-corrected chi connectivity index (χ1v) is 6.63. The number of benzene rings is 1. The number of carbonyl (C=O) groups excluding carboxylic acids is 1. The quantitative estimate of drug-likeness (QED) is 0.695. The maximum absolute atomic E-state index is 11.9. The van der Waals surface area contributed by atoms with E-state index >= 15 is 0 Å². The summed E-state index contributed by atoms with van der Waals surface area (Å²) < 4.78 is 0. The second-order valence-electron chi connectivity index (χ2n) is 3.74. The predicted molar refractivity (Wildman–Crippen MR) is 73.6 cm³/mol. The Labute approximate surface area is 118 Å². The minimum Gasteiger partial charge on any atom is -0.348 e. The lowest BCUT2D eigenvalue weighted by Crippen LogP contribution is -2.22. The molecule has 0 spiro atoms. The molecule has 19 heavy (non-hydrogen) atoms. The van der Waals surface area contributed by atoms with Crippen molar-refractivity contribution in [3.05, 3.63) is 61.3 Å².